The van der Waals surface area contributed by atoms with Crippen LogP contribution in [0.15, 0.2) is 381 Å². The van der Waals surface area contributed by atoms with Gasteiger partial charge in [0.25, 0.3) is 0 Å². The third-order valence-corrected chi connectivity index (χ3v) is 23.9. The lowest BCUT2D eigenvalue weighted by atomic mass is 9.96. The van der Waals surface area contributed by atoms with Gasteiger partial charge in [0, 0.05) is 90.1 Å². The first-order valence-electron chi connectivity index (χ1n) is 38.3. The van der Waals surface area contributed by atoms with Crippen molar-refractivity contribution in [2.75, 3.05) is 0 Å². The molecule has 0 atom stereocenters. The summed E-state index contributed by atoms with van der Waals surface area (Å²) in [5.41, 5.74) is 20.6. The molecule has 0 aliphatic rings. The third-order valence-electron chi connectivity index (χ3n) is 21.1. The van der Waals surface area contributed by atoms with Crippen LogP contribution in [0.3, 0.4) is 0 Å². The number of halogens is 3. The van der Waals surface area contributed by atoms with E-state index in [1.165, 1.54) is 62.4 Å². The molecule has 0 N–H and O–H groups in total. The molecule has 0 fully saturated rings. The number of nitrogens with zero attached hydrogens (tertiary/aromatic N) is 9. The Kier molecular flexibility index (Phi) is 19.7. The van der Waals surface area contributed by atoms with E-state index in [0.29, 0.717) is 34.9 Å². The third kappa shape index (κ3) is 14.9. The topological polar surface area (TPSA) is 129 Å². The van der Waals surface area contributed by atoms with Gasteiger partial charge in [0.1, 0.15) is 11.2 Å². The van der Waals surface area contributed by atoms with Crippen LogP contribution < -0.4 is 0 Å². The van der Waals surface area contributed by atoms with Gasteiger partial charge in [-0.1, -0.05) is 322 Å². The molecule has 0 radical (unpaired) electrons. The highest BCUT2D eigenvalue weighted by molar-refractivity contribution is 7.26. The molecule has 0 bridgehead atoms. The number of aromatic nitrogens is 9. The minimum atomic E-state index is 0.155. The number of hydrogen-bond acceptors (Lipinski definition) is 12. The highest BCUT2D eigenvalue weighted by Crippen LogP contribution is 2.43. The van der Waals surface area contributed by atoms with Crippen LogP contribution in [0.2, 0.25) is 15.9 Å². The van der Waals surface area contributed by atoms with Crippen LogP contribution in [-0.2, 0) is 0 Å². The molecule has 0 saturated carbocycles. The maximum atomic E-state index is 6.42. The van der Waals surface area contributed by atoms with Crippen LogP contribution >= 0.6 is 57.5 Å². The van der Waals surface area contributed by atoms with Gasteiger partial charge in [0.2, 0.25) is 15.9 Å². The number of fused-ring (bicyclic) bond motifs is 10. The number of benzene rings is 16. The highest BCUT2D eigenvalue weighted by atomic mass is 35.5. The Morgan fingerprint density at radius 2 is 0.517 bits per heavy atom. The lowest BCUT2D eigenvalue weighted by Gasteiger charge is -2.10. The molecule has 22 rings (SSSR count). The number of thiophene rings is 2. The van der Waals surface area contributed by atoms with Crippen molar-refractivity contribution in [2.24, 2.45) is 0 Å². The molecular weight excluding hydrogens is 1550 g/mol. The van der Waals surface area contributed by atoms with Gasteiger partial charge in [0.05, 0.1) is 0 Å². The molecule has 0 saturated heterocycles. The van der Waals surface area contributed by atoms with Crippen molar-refractivity contribution < 1.29 is 4.42 Å². The molecule has 0 aliphatic carbocycles. The number of para-hydroxylation sites is 2. The maximum absolute atomic E-state index is 6.42. The van der Waals surface area contributed by atoms with E-state index in [2.05, 4.69) is 273 Å². The molecule has 22 aromatic rings. The zero-order chi connectivity index (χ0) is 79.0. The fraction of sp³-hybridized carbons (Fsp3) is 0. The fourth-order valence-electron chi connectivity index (χ4n) is 15.3. The van der Waals surface area contributed by atoms with E-state index in [0.717, 1.165) is 111 Å². The van der Waals surface area contributed by atoms with Gasteiger partial charge in [-0.25, -0.2) is 15.0 Å². The first kappa shape index (κ1) is 72.9. The van der Waals surface area contributed by atoms with Crippen LogP contribution in [0.25, 0.3) is 208 Å². The van der Waals surface area contributed by atoms with Gasteiger partial charge in [-0.15, -0.1) is 22.7 Å². The van der Waals surface area contributed by atoms with Crippen molar-refractivity contribution in [3.05, 3.63) is 392 Å². The average Bonchev–Trinajstić information content (AvgIpc) is 1.48. The van der Waals surface area contributed by atoms with Gasteiger partial charge < -0.3 is 4.42 Å². The second-order valence-corrected chi connectivity index (χ2v) is 31.6. The van der Waals surface area contributed by atoms with Crippen molar-refractivity contribution in [3.63, 3.8) is 0 Å². The lowest BCUT2D eigenvalue weighted by molar-refractivity contribution is 0.670. The highest BCUT2D eigenvalue weighted by Gasteiger charge is 2.19. The van der Waals surface area contributed by atoms with Crippen LogP contribution in [0.5, 0.6) is 0 Å². The SMILES string of the molecule is Clc1nc(-c2ccc(-c3ccccc3)cc2)nc(-c2ccc3c(-c4ccc5c(c4)sc4ccccc45)cccc3c2)n1.Clc1nc(-c2ccc(-c3ccccc3)cc2)nc(-c2cccc(-c3ccc4sc5ccccc5c4c3)c2)n1.Clc1nc(-c2ccc(-c3ccccc3)cc2)nc(-c2cccc(-c3cccc4c3oc3ccccc34)c2)n1. The average molecular weight is 1610 g/mol. The summed E-state index contributed by atoms with van der Waals surface area (Å²) in [5, 5.41) is 10.2. The first-order chi connectivity index (χ1) is 58.1. The maximum Gasteiger partial charge on any atom is 0.226 e. The van der Waals surface area contributed by atoms with E-state index in [9.17, 15) is 0 Å². The largest absolute Gasteiger partial charge is 0.455 e. The van der Waals surface area contributed by atoms with Crippen LogP contribution in [0.4, 0.5) is 0 Å². The minimum Gasteiger partial charge on any atom is -0.455 e. The molecule has 10 nitrogen and oxygen atoms in total. The molecule has 0 unspecified atom stereocenters. The second kappa shape index (κ2) is 32.0. The Hall–Kier alpha value is -14.1. The number of hydrogen-bond donors (Lipinski definition) is 0. The predicted octanol–water partition coefficient (Wildman–Crippen LogP) is 29.4. The summed E-state index contributed by atoms with van der Waals surface area (Å²) in [6, 6.07) is 129. The summed E-state index contributed by atoms with van der Waals surface area (Å²) in [6.07, 6.45) is 0. The van der Waals surface area contributed by atoms with E-state index < -0.39 is 0 Å². The van der Waals surface area contributed by atoms with Gasteiger partial charge in [-0.2, -0.15) is 29.9 Å². The monoisotopic (exact) mass is 1610 g/mol. The Balaban J connectivity index is 0.000000114. The lowest BCUT2D eigenvalue weighted by Crippen LogP contribution is -1.97. The number of furan rings is 1. The molecule has 118 heavy (non-hydrogen) atoms. The summed E-state index contributed by atoms with van der Waals surface area (Å²) < 4.78 is 11.5. The van der Waals surface area contributed by atoms with Crippen LogP contribution in [0, 0.1) is 0 Å². The molecular formula is C103H62Cl3N9OS2. The molecule has 6 aromatic heterocycles. The summed E-state index contributed by atoms with van der Waals surface area (Å²) in [7, 11) is 0. The molecule has 558 valence electrons. The van der Waals surface area contributed by atoms with Crippen LogP contribution in [-0.4, -0.2) is 44.9 Å². The summed E-state index contributed by atoms with van der Waals surface area (Å²) >= 11 is 22.8. The number of rotatable bonds is 12. The predicted molar refractivity (Wildman–Crippen MR) is 490 cm³/mol. The Morgan fingerprint density at radius 3 is 1.07 bits per heavy atom. The first-order valence-corrected chi connectivity index (χ1v) is 41.1. The summed E-state index contributed by atoms with van der Waals surface area (Å²) in [5.74, 6) is 3.26. The minimum absolute atomic E-state index is 0.155. The summed E-state index contributed by atoms with van der Waals surface area (Å²) in [6.45, 7) is 0. The molecule has 0 spiro atoms. The van der Waals surface area contributed by atoms with E-state index in [-0.39, 0.29) is 15.9 Å². The Bertz CT molecular complexity index is 7520. The Labute approximate surface area is 701 Å². The smallest absolute Gasteiger partial charge is 0.226 e. The fourth-order valence-corrected chi connectivity index (χ4v) is 18.0. The molecule has 16 aromatic carbocycles. The van der Waals surface area contributed by atoms with E-state index in [1.807, 2.05) is 156 Å². The standard InChI is InChI=1S/C37H22ClN3S.C33H20ClN3O.C33H20ClN3S/c38-37-40-35(25-15-13-24(14-16-25)23-7-2-1-3-8-23)39-36(41-37)28-18-19-30-26(21-28)9-6-11-29(30)27-17-20-32-31-10-4-5-12-33(31)42-34(32)22-27;34-33-36-31(23-18-16-22(17-19-23)21-8-2-1-3-9-21)35-32(37-33)25-11-6-10-24(20-25)26-13-7-14-28-27-12-4-5-15-29(27)38-30(26)28;34-33-36-31(23-15-13-22(14-16-23)21-7-2-1-3-8-21)35-32(37-33)26-10-6-9-24(19-26)25-17-18-30-28(20-25)27-11-4-5-12-29(27)38-30/h1-22H;2*1-20H. The molecule has 15 heteroatoms. The van der Waals surface area contributed by atoms with E-state index in [4.69, 9.17) is 54.2 Å². The van der Waals surface area contributed by atoms with Crippen molar-refractivity contribution in [1.82, 2.24) is 44.9 Å². The van der Waals surface area contributed by atoms with E-state index >= 15 is 0 Å². The Morgan fingerprint density at radius 1 is 0.186 bits per heavy atom. The van der Waals surface area contributed by atoms with Crippen LogP contribution in [0.1, 0.15) is 0 Å². The van der Waals surface area contributed by atoms with Gasteiger partial charge >= 0.3 is 0 Å². The van der Waals surface area contributed by atoms with Crippen molar-refractivity contribution in [1.29, 1.82) is 0 Å². The van der Waals surface area contributed by atoms with Crippen molar-refractivity contribution in [2.45, 2.75) is 0 Å². The second-order valence-electron chi connectivity index (χ2n) is 28.4. The molecule has 0 aliphatic heterocycles. The zero-order valence-electron chi connectivity index (χ0n) is 62.7. The quantitative estimate of drug-likeness (QED) is 0.117. The van der Waals surface area contributed by atoms with Gasteiger partial charge in [-0.05, 0) is 161 Å². The van der Waals surface area contributed by atoms with Gasteiger partial charge in [0.15, 0.2) is 34.9 Å². The molecule has 0 amide bonds. The summed E-state index contributed by atoms with van der Waals surface area (Å²) in [4.78, 5) is 41.0. The van der Waals surface area contributed by atoms with E-state index in [1.54, 1.807) is 0 Å². The molecule has 6 heterocycles. The zero-order valence-corrected chi connectivity index (χ0v) is 66.6. The van der Waals surface area contributed by atoms with Crippen molar-refractivity contribution >= 4 is 131 Å². The van der Waals surface area contributed by atoms with Crippen molar-refractivity contribution in [3.8, 4) is 135 Å². The normalized spacial score (nSPS) is 11.3. The van der Waals surface area contributed by atoms with Gasteiger partial charge in [-0.3, -0.25) is 0 Å².